The van der Waals surface area contributed by atoms with Crippen LogP contribution in [0.3, 0.4) is 0 Å². The first-order chi connectivity index (χ1) is 16.0. The second kappa shape index (κ2) is 9.32. The van der Waals surface area contributed by atoms with Gasteiger partial charge >= 0.3 is 5.69 Å². The maximum Gasteiger partial charge on any atom is 0.334 e. The van der Waals surface area contributed by atoms with Crippen molar-refractivity contribution in [2.24, 2.45) is 4.99 Å². The van der Waals surface area contributed by atoms with Crippen molar-refractivity contribution in [2.45, 2.75) is 46.3 Å². The summed E-state index contributed by atoms with van der Waals surface area (Å²) < 4.78 is 4.55. The van der Waals surface area contributed by atoms with Gasteiger partial charge in [-0.2, -0.15) is 0 Å². The Morgan fingerprint density at radius 1 is 1.00 bits per heavy atom. The number of fused-ring (bicyclic) bond motifs is 3. The highest BCUT2D eigenvalue weighted by molar-refractivity contribution is 6.09. The average Bonchev–Trinajstić information content (AvgIpc) is 3.14. The molecule has 170 valence electrons. The Kier molecular flexibility index (Phi) is 6.31. The van der Waals surface area contributed by atoms with Crippen LogP contribution in [-0.2, 0) is 19.6 Å². The van der Waals surface area contributed by atoms with Crippen molar-refractivity contribution in [2.75, 3.05) is 0 Å². The highest BCUT2D eigenvalue weighted by Crippen LogP contribution is 2.31. The summed E-state index contributed by atoms with van der Waals surface area (Å²) in [6.45, 7) is 8.98. The Morgan fingerprint density at radius 2 is 1.76 bits per heavy atom. The molecule has 0 amide bonds. The largest absolute Gasteiger partial charge is 0.494 e. The Morgan fingerprint density at radius 3 is 2.48 bits per heavy atom. The van der Waals surface area contributed by atoms with Gasteiger partial charge in [-0.25, -0.2) is 4.79 Å². The first kappa shape index (κ1) is 22.3. The van der Waals surface area contributed by atoms with Crippen LogP contribution in [0.25, 0.3) is 21.8 Å². The fourth-order valence-electron chi connectivity index (χ4n) is 4.23. The Bertz CT molecular complexity index is 1490. The molecule has 0 atom stereocenters. The van der Waals surface area contributed by atoms with Crippen molar-refractivity contribution in [1.82, 2.24) is 13.7 Å². The topological polar surface area (TPSA) is 81.5 Å². The van der Waals surface area contributed by atoms with Crippen LogP contribution in [0.4, 0.5) is 5.69 Å². The lowest BCUT2D eigenvalue weighted by Gasteiger charge is -2.13. The second-order valence-electron chi connectivity index (χ2n) is 7.95. The molecule has 0 aliphatic rings. The molecule has 0 saturated heterocycles. The molecule has 4 rings (SSSR count). The van der Waals surface area contributed by atoms with Gasteiger partial charge in [0.25, 0.3) is 5.56 Å². The molecule has 2 heterocycles. The van der Waals surface area contributed by atoms with Gasteiger partial charge in [0.1, 0.15) is 5.56 Å². The molecule has 2 aromatic carbocycles. The number of aromatic nitrogens is 3. The first-order valence-electron chi connectivity index (χ1n) is 11.2. The van der Waals surface area contributed by atoms with Gasteiger partial charge in [0.05, 0.1) is 5.69 Å². The maximum atomic E-state index is 12.9. The summed E-state index contributed by atoms with van der Waals surface area (Å²) in [4.78, 5) is 30.1. The number of aryl methyl sites for hydroxylation is 1. The van der Waals surface area contributed by atoms with E-state index in [0.717, 1.165) is 39.3 Å². The van der Waals surface area contributed by atoms with E-state index in [4.69, 9.17) is 0 Å². The van der Waals surface area contributed by atoms with Crippen LogP contribution in [0.15, 0.2) is 69.7 Å². The van der Waals surface area contributed by atoms with Crippen molar-refractivity contribution in [1.29, 1.82) is 0 Å². The Labute approximate surface area is 191 Å². The normalized spacial score (nSPS) is 11.7. The van der Waals surface area contributed by atoms with E-state index in [1.165, 1.54) is 16.9 Å². The molecule has 4 aromatic rings. The standard InChI is InChI=1S/C26H28N4O3/c1-4-7-15-30-25(32)21(24(31)29(14-5-2)26(30)33)17-27-18-12-13-23-20(16-18)19-10-8-9-11-22(19)28(23)6-3/h5,8-13,16-17,32H,2,4,6-7,14-15H2,1,3H3. The van der Waals surface area contributed by atoms with Crippen LogP contribution in [0.1, 0.15) is 32.3 Å². The quantitative estimate of drug-likeness (QED) is 0.319. The van der Waals surface area contributed by atoms with Gasteiger partial charge in [-0.3, -0.25) is 18.9 Å². The van der Waals surface area contributed by atoms with Crippen molar-refractivity contribution >= 4 is 33.7 Å². The van der Waals surface area contributed by atoms with E-state index in [9.17, 15) is 14.7 Å². The van der Waals surface area contributed by atoms with Gasteiger partial charge in [-0.05, 0) is 37.6 Å². The Balaban J connectivity index is 1.84. The fraction of sp³-hybridized carbons (Fsp3) is 0.269. The summed E-state index contributed by atoms with van der Waals surface area (Å²) in [5.41, 5.74) is 1.78. The van der Waals surface area contributed by atoms with Gasteiger partial charge in [-0.1, -0.05) is 37.6 Å². The Hall–Kier alpha value is -3.87. The van der Waals surface area contributed by atoms with E-state index in [1.54, 1.807) is 0 Å². The minimum atomic E-state index is -0.586. The molecule has 0 fully saturated rings. The number of allylic oxidation sites excluding steroid dienone is 1. The van der Waals surface area contributed by atoms with E-state index >= 15 is 0 Å². The highest BCUT2D eigenvalue weighted by atomic mass is 16.3. The first-order valence-corrected chi connectivity index (χ1v) is 11.2. The van der Waals surface area contributed by atoms with Crippen LogP contribution in [-0.4, -0.2) is 25.0 Å². The predicted octanol–water partition coefficient (Wildman–Crippen LogP) is 4.58. The molecule has 0 saturated carbocycles. The highest BCUT2D eigenvalue weighted by Gasteiger charge is 2.17. The monoisotopic (exact) mass is 444 g/mol. The summed E-state index contributed by atoms with van der Waals surface area (Å²) in [7, 11) is 0. The zero-order valence-electron chi connectivity index (χ0n) is 19.0. The predicted molar refractivity (Wildman–Crippen MR) is 134 cm³/mol. The molecule has 0 aliphatic carbocycles. The van der Waals surface area contributed by atoms with E-state index in [2.05, 4.69) is 35.2 Å². The molecule has 0 radical (unpaired) electrons. The number of nitrogens with zero attached hydrogens (tertiary/aromatic N) is 4. The molecule has 2 aromatic heterocycles. The zero-order valence-corrected chi connectivity index (χ0v) is 19.0. The molecule has 7 heteroatoms. The van der Waals surface area contributed by atoms with E-state index in [1.807, 2.05) is 37.3 Å². The third-order valence-corrected chi connectivity index (χ3v) is 5.90. The van der Waals surface area contributed by atoms with Crippen LogP contribution in [0.5, 0.6) is 5.88 Å². The SMILES string of the molecule is C=CCn1c(=O)c(C=Nc2ccc3c(c2)c2ccccc2n3CC)c(O)n(CCCC)c1=O. The summed E-state index contributed by atoms with van der Waals surface area (Å²) in [5, 5.41) is 12.9. The number of hydrogen-bond acceptors (Lipinski definition) is 4. The summed E-state index contributed by atoms with van der Waals surface area (Å²) in [6, 6.07) is 14.1. The van der Waals surface area contributed by atoms with Crippen molar-refractivity contribution < 1.29 is 5.11 Å². The van der Waals surface area contributed by atoms with Crippen molar-refractivity contribution in [3.8, 4) is 5.88 Å². The third-order valence-electron chi connectivity index (χ3n) is 5.90. The van der Waals surface area contributed by atoms with Gasteiger partial charge in [0.2, 0.25) is 5.88 Å². The lowest BCUT2D eigenvalue weighted by Crippen LogP contribution is -2.41. The number of aromatic hydroxyl groups is 1. The molecule has 0 spiro atoms. The zero-order chi connectivity index (χ0) is 23.5. The van der Waals surface area contributed by atoms with Gasteiger partial charge in [-0.15, -0.1) is 6.58 Å². The molecular formula is C26H28N4O3. The molecule has 0 bridgehead atoms. The molecule has 0 unspecified atom stereocenters. The van der Waals surface area contributed by atoms with Gasteiger partial charge < -0.3 is 9.67 Å². The number of aliphatic imine (C=N–C) groups is 1. The van der Waals surface area contributed by atoms with Crippen LogP contribution in [0.2, 0.25) is 0 Å². The minimum absolute atomic E-state index is 0.0105. The van der Waals surface area contributed by atoms with Crippen LogP contribution in [0, 0.1) is 0 Å². The van der Waals surface area contributed by atoms with Gasteiger partial charge in [0.15, 0.2) is 0 Å². The molecule has 33 heavy (non-hydrogen) atoms. The minimum Gasteiger partial charge on any atom is -0.494 e. The van der Waals surface area contributed by atoms with Crippen molar-refractivity contribution in [3.63, 3.8) is 0 Å². The summed E-state index contributed by atoms with van der Waals surface area (Å²) >= 11 is 0. The van der Waals surface area contributed by atoms with E-state index in [-0.39, 0.29) is 18.0 Å². The van der Waals surface area contributed by atoms with Crippen LogP contribution >= 0.6 is 0 Å². The van der Waals surface area contributed by atoms with Crippen LogP contribution < -0.4 is 11.2 Å². The summed E-state index contributed by atoms with van der Waals surface area (Å²) in [6.07, 6.45) is 4.39. The number of rotatable bonds is 8. The summed E-state index contributed by atoms with van der Waals surface area (Å²) in [5.74, 6) is -0.355. The van der Waals surface area contributed by atoms with Crippen molar-refractivity contribution in [3.05, 3.63) is 81.5 Å². The fourth-order valence-corrected chi connectivity index (χ4v) is 4.23. The second-order valence-corrected chi connectivity index (χ2v) is 7.95. The molecule has 0 aliphatic heterocycles. The van der Waals surface area contributed by atoms with Gasteiger partial charge in [0, 0.05) is 47.7 Å². The number of benzene rings is 2. The molecular weight excluding hydrogens is 416 g/mol. The van der Waals surface area contributed by atoms with E-state index < -0.39 is 11.2 Å². The maximum absolute atomic E-state index is 12.9. The average molecular weight is 445 g/mol. The number of hydrogen-bond donors (Lipinski definition) is 1. The third kappa shape index (κ3) is 3.91. The molecule has 7 nitrogen and oxygen atoms in total. The molecule has 1 N–H and O–H groups in total. The number of unbranched alkanes of at least 4 members (excludes halogenated alkanes) is 1. The lowest BCUT2D eigenvalue weighted by molar-refractivity contribution is 0.385. The lowest BCUT2D eigenvalue weighted by atomic mass is 10.1. The number of para-hydroxylation sites is 1. The smallest absolute Gasteiger partial charge is 0.334 e. The van der Waals surface area contributed by atoms with E-state index in [0.29, 0.717) is 18.7 Å².